The van der Waals surface area contributed by atoms with Gasteiger partial charge in [-0.2, -0.15) is 0 Å². The molecule has 3 N–H and O–H groups in total. The highest BCUT2D eigenvalue weighted by molar-refractivity contribution is 8.18. The molecule has 0 radical (unpaired) electrons. The number of thioether (sulfide) groups is 1. The van der Waals surface area contributed by atoms with Crippen LogP contribution in [-0.4, -0.2) is 44.7 Å². The van der Waals surface area contributed by atoms with Gasteiger partial charge in [0.2, 0.25) is 5.91 Å². The first-order valence-electron chi connectivity index (χ1n) is 8.62. The lowest BCUT2D eigenvalue weighted by molar-refractivity contribution is -0.123. The highest BCUT2D eigenvalue weighted by atomic mass is 32.2. The Morgan fingerprint density at radius 3 is 2.60 bits per heavy atom. The predicted octanol–water partition coefficient (Wildman–Crippen LogP) is 3.29. The molecule has 1 saturated heterocycles. The number of benzene rings is 2. The molecule has 0 aliphatic carbocycles. The zero-order valence-electron chi connectivity index (χ0n) is 15.3. The third kappa shape index (κ3) is 4.66. The van der Waals surface area contributed by atoms with Crippen molar-refractivity contribution in [2.75, 3.05) is 11.9 Å². The van der Waals surface area contributed by atoms with E-state index in [-0.39, 0.29) is 34.7 Å². The molecule has 1 fully saturated rings. The third-order valence-corrected chi connectivity index (χ3v) is 5.05. The number of aromatic carboxylic acids is 1. The van der Waals surface area contributed by atoms with E-state index in [1.54, 1.807) is 6.07 Å². The van der Waals surface area contributed by atoms with Crippen molar-refractivity contribution in [1.29, 1.82) is 0 Å². The third-order valence-electron chi connectivity index (χ3n) is 4.14. The van der Waals surface area contributed by atoms with Crippen molar-refractivity contribution in [3.8, 4) is 5.75 Å². The number of rotatable bonds is 6. The molecule has 1 heterocycles. The molecule has 0 spiro atoms. The molecule has 0 aromatic heterocycles. The number of anilines is 1. The molecule has 1 aliphatic rings. The quantitative estimate of drug-likeness (QED) is 0.474. The van der Waals surface area contributed by atoms with E-state index in [2.05, 4.69) is 5.32 Å². The second-order valence-corrected chi connectivity index (χ2v) is 7.18. The second kappa shape index (κ2) is 8.78. The molecule has 10 heteroatoms. The van der Waals surface area contributed by atoms with Crippen LogP contribution >= 0.6 is 11.8 Å². The summed E-state index contributed by atoms with van der Waals surface area (Å²) in [5, 5.41) is 20.3. The van der Waals surface area contributed by atoms with Gasteiger partial charge >= 0.3 is 5.97 Å². The van der Waals surface area contributed by atoms with Crippen LogP contribution in [0.15, 0.2) is 47.4 Å². The first-order valence-corrected chi connectivity index (χ1v) is 9.44. The van der Waals surface area contributed by atoms with Gasteiger partial charge in [0, 0.05) is 24.2 Å². The number of carboxylic acids is 1. The van der Waals surface area contributed by atoms with Crippen LogP contribution in [0.25, 0.3) is 6.08 Å². The normalized spacial score (nSPS) is 15.0. The van der Waals surface area contributed by atoms with E-state index in [9.17, 15) is 28.7 Å². The summed E-state index contributed by atoms with van der Waals surface area (Å²) in [6.07, 6.45) is 1.05. The number of phenols is 1. The number of aromatic hydroxyl groups is 1. The predicted molar refractivity (Wildman–Crippen MR) is 107 cm³/mol. The number of carboxylic acid groups (broad SMARTS) is 1. The molecule has 0 unspecified atom stereocenters. The zero-order valence-corrected chi connectivity index (χ0v) is 16.1. The second-order valence-electron chi connectivity index (χ2n) is 6.19. The van der Waals surface area contributed by atoms with E-state index in [1.165, 1.54) is 30.3 Å². The topological polar surface area (TPSA) is 124 Å². The maximum Gasteiger partial charge on any atom is 0.339 e. The number of hydrogen-bond donors (Lipinski definition) is 3. The highest BCUT2D eigenvalue weighted by Crippen LogP contribution is 2.32. The Bertz CT molecular complexity index is 1080. The summed E-state index contributed by atoms with van der Waals surface area (Å²) in [6.45, 7) is -0.199. The summed E-state index contributed by atoms with van der Waals surface area (Å²) in [6, 6.07) is 9.35. The van der Waals surface area contributed by atoms with Crippen molar-refractivity contribution in [2.45, 2.75) is 6.42 Å². The highest BCUT2D eigenvalue weighted by Gasteiger charge is 2.35. The van der Waals surface area contributed by atoms with E-state index < -0.39 is 34.6 Å². The summed E-state index contributed by atoms with van der Waals surface area (Å²) in [5.74, 6) is -3.52. The number of nitrogens with one attached hydrogen (secondary N) is 1. The van der Waals surface area contributed by atoms with Crippen molar-refractivity contribution in [3.63, 3.8) is 0 Å². The van der Waals surface area contributed by atoms with E-state index in [4.69, 9.17) is 5.11 Å². The average molecular weight is 430 g/mol. The minimum absolute atomic E-state index is 0.0511. The summed E-state index contributed by atoms with van der Waals surface area (Å²) in [5.41, 5.74) is -0.0666. The van der Waals surface area contributed by atoms with Gasteiger partial charge in [0.05, 0.1) is 4.91 Å². The van der Waals surface area contributed by atoms with Gasteiger partial charge in [0.15, 0.2) is 0 Å². The molecule has 0 saturated carbocycles. The Hall–Kier alpha value is -3.66. The maximum atomic E-state index is 13.8. The lowest BCUT2D eigenvalue weighted by Gasteiger charge is -2.12. The van der Waals surface area contributed by atoms with Gasteiger partial charge in [-0.1, -0.05) is 18.2 Å². The summed E-state index contributed by atoms with van der Waals surface area (Å²) in [4.78, 5) is 48.6. The zero-order chi connectivity index (χ0) is 21.8. The molecule has 3 rings (SSSR count). The number of carbonyl (C=O) groups excluding carboxylic acids is 3. The molecular weight excluding hydrogens is 415 g/mol. The first kappa shape index (κ1) is 21.1. The van der Waals surface area contributed by atoms with Gasteiger partial charge in [-0.3, -0.25) is 19.3 Å². The van der Waals surface area contributed by atoms with Crippen LogP contribution in [0.5, 0.6) is 5.75 Å². The van der Waals surface area contributed by atoms with Crippen LogP contribution in [0, 0.1) is 5.82 Å². The van der Waals surface area contributed by atoms with Gasteiger partial charge < -0.3 is 15.5 Å². The van der Waals surface area contributed by atoms with Crippen molar-refractivity contribution < 1.29 is 33.8 Å². The molecule has 3 amide bonds. The Labute approximate surface area is 174 Å². The Balaban J connectivity index is 1.63. The van der Waals surface area contributed by atoms with Gasteiger partial charge in [-0.05, 0) is 42.1 Å². The fourth-order valence-corrected chi connectivity index (χ4v) is 3.50. The Kier molecular flexibility index (Phi) is 6.17. The summed E-state index contributed by atoms with van der Waals surface area (Å²) < 4.78 is 13.8. The maximum absolute atomic E-state index is 13.8. The Morgan fingerprint density at radius 1 is 1.17 bits per heavy atom. The number of carbonyl (C=O) groups is 4. The van der Waals surface area contributed by atoms with Crippen LogP contribution in [0.1, 0.15) is 22.3 Å². The van der Waals surface area contributed by atoms with Gasteiger partial charge in [-0.25, -0.2) is 9.18 Å². The summed E-state index contributed by atoms with van der Waals surface area (Å²) >= 11 is 0.655. The number of hydrogen-bond acceptors (Lipinski definition) is 6. The Morgan fingerprint density at radius 2 is 1.90 bits per heavy atom. The molecule has 8 nitrogen and oxygen atoms in total. The minimum atomic E-state index is -1.36. The van der Waals surface area contributed by atoms with Crippen molar-refractivity contribution in [1.82, 2.24) is 4.90 Å². The number of amides is 3. The van der Waals surface area contributed by atoms with Crippen molar-refractivity contribution in [3.05, 3.63) is 64.3 Å². The van der Waals surface area contributed by atoms with Crippen LogP contribution in [0.4, 0.5) is 14.9 Å². The first-order chi connectivity index (χ1) is 14.3. The molecule has 2 aromatic rings. The van der Waals surface area contributed by atoms with Crippen molar-refractivity contribution >= 4 is 46.5 Å². The van der Waals surface area contributed by atoms with Crippen LogP contribution < -0.4 is 5.32 Å². The van der Waals surface area contributed by atoms with Gasteiger partial charge in [0.1, 0.15) is 17.1 Å². The van der Waals surface area contributed by atoms with Crippen LogP contribution in [0.3, 0.4) is 0 Å². The molecule has 154 valence electrons. The van der Waals surface area contributed by atoms with Gasteiger partial charge in [-0.15, -0.1) is 0 Å². The van der Waals surface area contributed by atoms with E-state index in [0.29, 0.717) is 11.8 Å². The molecule has 2 aromatic carbocycles. The molecule has 0 bridgehead atoms. The largest absolute Gasteiger partial charge is 0.507 e. The number of nitrogens with zero attached hydrogens (tertiary/aromatic N) is 1. The van der Waals surface area contributed by atoms with Crippen LogP contribution in [-0.2, 0) is 9.59 Å². The standard InChI is InChI=1S/C20H15FN2O6S/c21-14-4-2-1-3-11(14)9-16-18(26)23(20(29)30-16)8-7-17(25)22-12-5-6-15(24)13(10-12)19(27)28/h1-6,9-10,24H,7-8H2,(H,22,25)(H,27,28). The smallest absolute Gasteiger partial charge is 0.339 e. The van der Waals surface area contributed by atoms with E-state index in [0.717, 1.165) is 17.0 Å². The minimum Gasteiger partial charge on any atom is -0.507 e. The summed E-state index contributed by atoms with van der Waals surface area (Å²) in [7, 11) is 0. The van der Waals surface area contributed by atoms with E-state index >= 15 is 0 Å². The fourth-order valence-electron chi connectivity index (χ4n) is 2.65. The molecule has 30 heavy (non-hydrogen) atoms. The molecule has 0 atom stereocenters. The SMILES string of the molecule is O=C(CCN1C(=O)SC(=Cc2ccccc2F)C1=O)Nc1ccc(O)c(C(=O)O)c1. The van der Waals surface area contributed by atoms with Crippen molar-refractivity contribution in [2.24, 2.45) is 0 Å². The monoisotopic (exact) mass is 430 g/mol. The van der Waals surface area contributed by atoms with Gasteiger partial charge in [0.25, 0.3) is 11.1 Å². The average Bonchev–Trinajstić information content (AvgIpc) is 2.96. The lowest BCUT2D eigenvalue weighted by Crippen LogP contribution is -2.31. The fraction of sp³-hybridized carbons (Fsp3) is 0.100. The number of imide groups is 1. The van der Waals surface area contributed by atoms with E-state index in [1.807, 2.05) is 0 Å². The number of halogens is 1. The molecule has 1 aliphatic heterocycles. The van der Waals surface area contributed by atoms with Crippen LogP contribution in [0.2, 0.25) is 0 Å². The molecular formula is C20H15FN2O6S. The lowest BCUT2D eigenvalue weighted by atomic mass is 10.1.